The molecule has 0 atom stereocenters. The highest BCUT2D eigenvalue weighted by Crippen LogP contribution is 2.21. The number of nitrogens with one attached hydrogen (secondary N) is 1. The molecule has 0 aliphatic carbocycles. The minimum Gasteiger partial charge on any atom is -0.507 e. The normalized spacial score (nSPS) is 10.1. The summed E-state index contributed by atoms with van der Waals surface area (Å²) in [4.78, 5) is 24.4. The molecule has 2 aromatic rings. The van der Waals surface area contributed by atoms with Crippen molar-refractivity contribution in [2.75, 3.05) is 6.61 Å². The van der Waals surface area contributed by atoms with Crippen LogP contribution in [0.4, 0.5) is 0 Å². The Hall–Kier alpha value is -2.34. The second kappa shape index (κ2) is 6.90. The van der Waals surface area contributed by atoms with Crippen LogP contribution in [-0.4, -0.2) is 23.6 Å². The van der Waals surface area contributed by atoms with E-state index in [1.54, 1.807) is 19.1 Å². The summed E-state index contributed by atoms with van der Waals surface area (Å²) in [5.41, 5.74) is 0.632. The molecule has 1 aromatic carbocycles. The number of carbonyl (C=O) groups excluding carboxylic acids is 2. The average molecular weight is 305 g/mol. The average Bonchev–Trinajstić information content (AvgIpc) is 2.99. The number of hydrogen-bond donors (Lipinski definition) is 2. The molecule has 1 amide bonds. The molecule has 1 aromatic heterocycles. The predicted octanol–water partition coefficient (Wildman–Crippen LogP) is 2.24. The number of esters is 1. The van der Waals surface area contributed by atoms with E-state index >= 15 is 0 Å². The van der Waals surface area contributed by atoms with E-state index in [9.17, 15) is 14.7 Å². The summed E-state index contributed by atoms with van der Waals surface area (Å²) in [7, 11) is 0. The Labute approximate surface area is 126 Å². The van der Waals surface area contributed by atoms with Gasteiger partial charge in [-0.15, -0.1) is 11.3 Å². The smallest absolute Gasteiger partial charge is 0.342 e. The second-order valence-corrected chi connectivity index (χ2v) is 5.44. The Morgan fingerprint density at radius 2 is 2.10 bits per heavy atom. The molecule has 0 saturated carbocycles. The van der Waals surface area contributed by atoms with Crippen molar-refractivity contribution >= 4 is 23.2 Å². The summed E-state index contributed by atoms with van der Waals surface area (Å²) in [5, 5.41) is 14.3. The number of ether oxygens (including phenoxy) is 1. The lowest BCUT2D eigenvalue weighted by Gasteiger charge is -2.08. The quantitative estimate of drug-likeness (QED) is 0.831. The highest BCUT2D eigenvalue weighted by molar-refractivity contribution is 7.09. The zero-order valence-electron chi connectivity index (χ0n) is 11.5. The standard InChI is InChI=1S/C15H15NO4S/c1-10-4-2-6-12(14(10)18)15(19)20-9-13(17)16-8-11-5-3-7-21-11/h2-7,18H,8-9H2,1H3,(H,16,17). The molecule has 0 saturated heterocycles. The van der Waals surface area contributed by atoms with E-state index in [0.29, 0.717) is 12.1 Å². The van der Waals surface area contributed by atoms with Crippen molar-refractivity contribution in [1.82, 2.24) is 5.32 Å². The molecule has 0 bridgehead atoms. The van der Waals surface area contributed by atoms with E-state index < -0.39 is 5.97 Å². The fourth-order valence-corrected chi connectivity index (χ4v) is 2.33. The molecule has 0 spiro atoms. The van der Waals surface area contributed by atoms with Crippen molar-refractivity contribution in [2.24, 2.45) is 0 Å². The van der Waals surface area contributed by atoms with Gasteiger partial charge in [0.25, 0.3) is 5.91 Å². The largest absolute Gasteiger partial charge is 0.507 e. The molecule has 2 N–H and O–H groups in total. The van der Waals surface area contributed by atoms with E-state index in [1.165, 1.54) is 17.4 Å². The van der Waals surface area contributed by atoms with Gasteiger partial charge in [-0.3, -0.25) is 4.79 Å². The molecule has 2 rings (SSSR count). The Morgan fingerprint density at radius 1 is 1.29 bits per heavy atom. The topological polar surface area (TPSA) is 75.6 Å². The third-order valence-corrected chi connectivity index (χ3v) is 3.71. The monoisotopic (exact) mass is 305 g/mol. The van der Waals surface area contributed by atoms with Crippen LogP contribution < -0.4 is 5.32 Å². The fourth-order valence-electron chi connectivity index (χ4n) is 1.68. The van der Waals surface area contributed by atoms with Crippen molar-refractivity contribution in [2.45, 2.75) is 13.5 Å². The Kier molecular flexibility index (Phi) is 4.94. The van der Waals surface area contributed by atoms with Crippen LogP contribution in [0, 0.1) is 6.92 Å². The predicted molar refractivity (Wildman–Crippen MR) is 79.3 cm³/mol. The van der Waals surface area contributed by atoms with Crippen molar-refractivity contribution in [3.05, 3.63) is 51.7 Å². The maximum Gasteiger partial charge on any atom is 0.342 e. The summed E-state index contributed by atoms with van der Waals surface area (Å²) in [6.45, 7) is 1.71. The second-order valence-electron chi connectivity index (χ2n) is 4.40. The number of amides is 1. The maximum atomic E-state index is 11.8. The van der Waals surface area contributed by atoms with Crippen LogP contribution in [0.3, 0.4) is 0 Å². The number of carbonyl (C=O) groups is 2. The molecule has 0 unspecified atom stereocenters. The van der Waals surface area contributed by atoms with Crippen LogP contribution in [0.1, 0.15) is 20.8 Å². The molecule has 0 fully saturated rings. The highest BCUT2D eigenvalue weighted by atomic mass is 32.1. The number of thiophene rings is 1. The number of benzene rings is 1. The van der Waals surface area contributed by atoms with Gasteiger partial charge in [-0.1, -0.05) is 18.2 Å². The molecule has 110 valence electrons. The van der Waals surface area contributed by atoms with Crippen molar-refractivity contribution in [3.8, 4) is 5.75 Å². The van der Waals surface area contributed by atoms with Gasteiger partial charge in [0.15, 0.2) is 6.61 Å². The molecular formula is C15H15NO4S. The number of aryl methyl sites for hydroxylation is 1. The van der Waals surface area contributed by atoms with Crippen LogP contribution >= 0.6 is 11.3 Å². The van der Waals surface area contributed by atoms with E-state index in [-0.39, 0.29) is 23.8 Å². The Bertz CT molecular complexity index is 637. The summed E-state index contributed by atoms with van der Waals surface area (Å²) in [6.07, 6.45) is 0. The molecule has 21 heavy (non-hydrogen) atoms. The van der Waals surface area contributed by atoms with Gasteiger partial charge < -0.3 is 15.2 Å². The number of rotatable bonds is 5. The van der Waals surface area contributed by atoms with Crippen molar-refractivity contribution in [1.29, 1.82) is 0 Å². The zero-order chi connectivity index (χ0) is 15.2. The summed E-state index contributed by atoms with van der Waals surface area (Å²) in [5.74, 6) is -1.23. The molecule has 5 nitrogen and oxygen atoms in total. The molecule has 6 heteroatoms. The molecule has 0 radical (unpaired) electrons. The Balaban J connectivity index is 1.83. The zero-order valence-corrected chi connectivity index (χ0v) is 12.3. The number of hydrogen-bond acceptors (Lipinski definition) is 5. The number of para-hydroxylation sites is 1. The minimum atomic E-state index is -0.720. The van der Waals surface area contributed by atoms with Crippen molar-refractivity contribution < 1.29 is 19.4 Å². The number of phenols is 1. The SMILES string of the molecule is Cc1cccc(C(=O)OCC(=O)NCc2cccs2)c1O. The first-order valence-corrected chi connectivity index (χ1v) is 7.20. The van der Waals surface area contributed by atoms with Crippen LogP contribution in [0.15, 0.2) is 35.7 Å². The first kappa shape index (κ1) is 15.1. The van der Waals surface area contributed by atoms with Gasteiger partial charge in [-0.2, -0.15) is 0 Å². The lowest BCUT2D eigenvalue weighted by molar-refractivity contribution is -0.124. The highest BCUT2D eigenvalue weighted by Gasteiger charge is 2.15. The van der Waals surface area contributed by atoms with Crippen LogP contribution in [-0.2, 0) is 16.1 Å². The van der Waals surface area contributed by atoms with E-state index in [1.807, 2.05) is 17.5 Å². The summed E-state index contributed by atoms with van der Waals surface area (Å²) in [6, 6.07) is 8.57. The van der Waals surface area contributed by atoms with Gasteiger partial charge >= 0.3 is 5.97 Å². The summed E-state index contributed by atoms with van der Waals surface area (Å²) >= 11 is 1.53. The molecule has 0 aliphatic heterocycles. The van der Waals surface area contributed by atoms with E-state index in [4.69, 9.17) is 4.74 Å². The summed E-state index contributed by atoms with van der Waals surface area (Å²) < 4.78 is 4.89. The van der Waals surface area contributed by atoms with E-state index in [2.05, 4.69) is 5.32 Å². The van der Waals surface area contributed by atoms with Gasteiger partial charge in [0.1, 0.15) is 11.3 Å². The van der Waals surface area contributed by atoms with Crippen LogP contribution in [0.5, 0.6) is 5.75 Å². The van der Waals surface area contributed by atoms with Gasteiger partial charge in [-0.05, 0) is 30.0 Å². The third-order valence-electron chi connectivity index (χ3n) is 2.83. The van der Waals surface area contributed by atoms with Gasteiger partial charge in [0, 0.05) is 4.88 Å². The molecule has 1 heterocycles. The lowest BCUT2D eigenvalue weighted by atomic mass is 10.1. The maximum absolute atomic E-state index is 11.8. The molecule has 0 aliphatic rings. The van der Waals surface area contributed by atoms with Gasteiger partial charge in [-0.25, -0.2) is 4.79 Å². The number of aromatic hydroxyl groups is 1. The van der Waals surface area contributed by atoms with Gasteiger partial charge in [0.05, 0.1) is 6.54 Å². The van der Waals surface area contributed by atoms with Gasteiger partial charge in [0.2, 0.25) is 0 Å². The molecular weight excluding hydrogens is 290 g/mol. The number of phenolic OH excluding ortho intramolecular Hbond substituents is 1. The Morgan fingerprint density at radius 3 is 2.81 bits per heavy atom. The first-order chi connectivity index (χ1) is 10.1. The van der Waals surface area contributed by atoms with Crippen LogP contribution in [0.2, 0.25) is 0 Å². The van der Waals surface area contributed by atoms with E-state index in [0.717, 1.165) is 4.88 Å². The first-order valence-electron chi connectivity index (χ1n) is 6.32. The third kappa shape index (κ3) is 4.06. The van der Waals surface area contributed by atoms with Crippen LogP contribution in [0.25, 0.3) is 0 Å². The lowest BCUT2D eigenvalue weighted by Crippen LogP contribution is -2.28. The fraction of sp³-hybridized carbons (Fsp3) is 0.200. The van der Waals surface area contributed by atoms with Crippen molar-refractivity contribution in [3.63, 3.8) is 0 Å². The minimum absolute atomic E-state index is 0.0565.